The highest BCUT2D eigenvalue weighted by molar-refractivity contribution is 5.47. The first-order valence-electron chi connectivity index (χ1n) is 8.81. The molecule has 4 rings (SSSR count). The number of nitrogens with zero attached hydrogens (tertiary/aromatic N) is 5. The summed E-state index contributed by atoms with van der Waals surface area (Å²) in [5, 5.41) is 7.54. The number of benzene rings is 1. The fraction of sp³-hybridized carbons (Fsp3) is 0.316. The van der Waals surface area contributed by atoms with E-state index >= 15 is 0 Å². The molecule has 0 spiro atoms. The summed E-state index contributed by atoms with van der Waals surface area (Å²) in [6.45, 7) is 5.16. The molecule has 1 aromatic carbocycles. The van der Waals surface area contributed by atoms with Gasteiger partial charge >= 0.3 is 0 Å². The van der Waals surface area contributed by atoms with Crippen molar-refractivity contribution in [3.63, 3.8) is 0 Å². The molecule has 0 bridgehead atoms. The molecule has 3 heterocycles. The van der Waals surface area contributed by atoms with Gasteiger partial charge in [0, 0.05) is 38.1 Å². The van der Waals surface area contributed by atoms with Gasteiger partial charge in [0.1, 0.15) is 12.7 Å². The average Bonchev–Trinajstić information content (AvgIpc) is 3.25. The molecule has 1 saturated heterocycles. The van der Waals surface area contributed by atoms with Crippen molar-refractivity contribution >= 4 is 5.69 Å². The highest BCUT2D eigenvalue weighted by atomic mass is 16.5. The normalized spacial score (nSPS) is 14.5. The van der Waals surface area contributed by atoms with E-state index in [0.717, 1.165) is 50.8 Å². The van der Waals surface area contributed by atoms with E-state index in [4.69, 9.17) is 4.74 Å². The zero-order valence-corrected chi connectivity index (χ0v) is 14.6. The summed E-state index contributed by atoms with van der Waals surface area (Å²) < 4.78 is 7.05. The summed E-state index contributed by atoms with van der Waals surface area (Å²) >= 11 is 0. The zero-order chi connectivity index (χ0) is 17.6. The van der Waals surface area contributed by atoms with Gasteiger partial charge in [-0.1, -0.05) is 18.2 Å². The fourth-order valence-electron chi connectivity index (χ4n) is 2.98. The predicted octanol–water partition coefficient (Wildman–Crippen LogP) is 1.79. The fourth-order valence-corrected chi connectivity index (χ4v) is 2.98. The Labute approximate surface area is 152 Å². The van der Waals surface area contributed by atoms with Gasteiger partial charge in [0.15, 0.2) is 5.82 Å². The largest absolute Gasteiger partial charge is 0.378 e. The lowest BCUT2D eigenvalue weighted by molar-refractivity contribution is 0.122. The van der Waals surface area contributed by atoms with Crippen LogP contribution in [0, 0.1) is 0 Å². The molecule has 0 unspecified atom stereocenters. The van der Waals surface area contributed by atoms with Crippen LogP contribution in [-0.2, 0) is 17.8 Å². The van der Waals surface area contributed by atoms with E-state index in [0.29, 0.717) is 0 Å². The van der Waals surface area contributed by atoms with Gasteiger partial charge in [0.2, 0.25) is 0 Å². The van der Waals surface area contributed by atoms with Crippen molar-refractivity contribution in [2.75, 3.05) is 31.2 Å². The maximum atomic E-state index is 5.40. The Morgan fingerprint density at radius 3 is 2.42 bits per heavy atom. The monoisotopic (exact) mass is 350 g/mol. The van der Waals surface area contributed by atoms with Crippen LogP contribution in [-0.4, -0.2) is 46.1 Å². The molecule has 2 aromatic heterocycles. The summed E-state index contributed by atoms with van der Waals surface area (Å²) in [4.78, 5) is 10.7. The van der Waals surface area contributed by atoms with E-state index in [9.17, 15) is 0 Å². The Bertz CT molecular complexity index is 795. The minimum absolute atomic E-state index is 0.768. The number of rotatable bonds is 6. The second-order valence-electron chi connectivity index (χ2n) is 6.23. The maximum absolute atomic E-state index is 5.40. The quantitative estimate of drug-likeness (QED) is 0.731. The smallest absolute Gasteiger partial charge is 0.155 e. The number of hydrogen-bond donors (Lipinski definition) is 1. The molecule has 7 nitrogen and oxygen atoms in total. The first kappa shape index (κ1) is 16.7. The van der Waals surface area contributed by atoms with Gasteiger partial charge in [-0.25, -0.2) is 14.6 Å². The van der Waals surface area contributed by atoms with Crippen molar-refractivity contribution in [1.82, 2.24) is 25.1 Å². The predicted molar refractivity (Wildman–Crippen MR) is 99.2 cm³/mol. The molecule has 0 atom stereocenters. The Hall–Kier alpha value is -2.77. The summed E-state index contributed by atoms with van der Waals surface area (Å²) in [5.74, 6) is 0.768. The highest BCUT2D eigenvalue weighted by Crippen LogP contribution is 2.16. The molecule has 1 aliphatic heterocycles. The third-order valence-electron chi connectivity index (χ3n) is 4.43. The Kier molecular flexibility index (Phi) is 5.18. The minimum atomic E-state index is 0.768. The van der Waals surface area contributed by atoms with E-state index in [1.807, 2.05) is 12.3 Å². The molecule has 0 radical (unpaired) electrons. The minimum Gasteiger partial charge on any atom is -0.378 e. The Morgan fingerprint density at radius 1 is 0.962 bits per heavy atom. The van der Waals surface area contributed by atoms with Crippen LogP contribution in [0.5, 0.6) is 0 Å². The van der Waals surface area contributed by atoms with Crippen molar-refractivity contribution in [3.8, 4) is 5.82 Å². The molecule has 0 amide bonds. The number of hydrogen-bond acceptors (Lipinski definition) is 6. The van der Waals surface area contributed by atoms with Gasteiger partial charge in [-0.3, -0.25) is 0 Å². The van der Waals surface area contributed by atoms with Crippen LogP contribution in [0.3, 0.4) is 0 Å². The van der Waals surface area contributed by atoms with Crippen LogP contribution >= 0.6 is 0 Å². The summed E-state index contributed by atoms with van der Waals surface area (Å²) in [6.07, 6.45) is 5.01. The number of nitrogens with one attached hydrogen (secondary N) is 1. The Balaban J connectivity index is 1.27. The molecule has 1 N–H and O–H groups in total. The lowest BCUT2D eigenvalue weighted by atomic mass is 10.2. The van der Waals surface area contributed by atoms with Crippen molar-refractivity contribution in [1.29, 1.82) is 0 Å². The molecule has 1 fully saturated rings. The third kappa shape index (κ3) is 4.07. The van der Waals surface area contributed by atoms with E-state index in [-0.39, 0.29) is 0 Å². The second kappa shape index (κ2) is 8.07. The highest BCUT2D eigenvalue weighted by Gasteiger charge is 2.10. The molecular weight excluding hydrogens is 328 g/mol. The molecular formula is C19H22N6O. The molecule has 0 aliphatic carbocycles. The number of anilines is 1. The third-order valence-corrected chi connectivity index (χ3v) is 4.43. The SMILES string of the molecule is c1ncn(-c2ccc(CNCc3ccc(N4CCOCC4)cc3)cn2)n1. The topological polar surface area (TPSA) is 68.1 Å². The standard InChI is InChI=1S/C19H22N6O/c1-4-18(24-7-9-26-10-8-24)5-2-16(1)11-20-12-17-3-6-19(22-13-17)25-15-21-14-23-25/h1-6,13-15,20H,7-12H2. The number of pyridine rings is 1. The Morgan fingerprint density at radius 2 is 1.73 bits per heavy atom. The van der Waals surface area contributed by atoms with Crippen LogP contribution in [0.15, 0.2) is 55.2 Å². The lowest BCUT2D eigenvalue weighted by Crippen LogP contribution is -2.36. The van der Waals surface area contributed by atoms with E-state index in [1.165, 1.54) is 17.6 Å². The molecule has 3 aromatic rings. The van der Waals surface area contributed by atoms with Crippen LogP contribution < -0.4 is 10.2 Å². The first-order chi connectivity index (χ1) is 12.9. The number of ether oxygens (including phenoxy) is 1. The molecule has 134 valence electrons. The van der Waals surface area contributed by atoms with Gasteiger partial charge in [-0.2, -0.15) is 5.10 Å². The summed E-state index contributed by atoms with van der Waals surface area (Å²) in [5.41, 5.74) is 3.68. The van der Waals surface area contributed by atoms with Gasteiger partial charge < -0.3 is 15.0 Å². The molecule has 1 aliphatic rings. The van der Waals surface area contributed by atoms with Gasteiger partial charge in [-0.15, -0.1) is 0 Å². The van der Waals surface area contributed by atoms with Crippen molar-refractivity contribution in [2.24, 2.45) is 0 Å². The van der Waals surface area contributed by atoms with Crippen molar-refractivity contribution in [3.05, 3.63) is 66.4 Å². The van der Waals surface area contributed by atoms with Crippen LogP contribution in [0.25, 0.3) is 5.82 Å². The van der Waals surface area contributed by atoms with E-state index < -0.39 is 0 Å². The summed E-state index contributed by atoms with van der Waals surface area (Å²) in [6, 6.07) is 12.8. The number of aromatic nitrogens is 4. The zero-order valence-electron chi connectivity index (χ0n) is 14.6. The number of morpholine rings is 1. The molecule has 7 heteroatoms. The van der Waals surface area contributed by atoms with E-state index in [2.05, 4.69) is 55.6 Å². The van der Waals surface area contributed by atoms with Crippen molar-refractivity contribution in [2.45, 2.75) is 13.1 Å². The van der Waals surface area contributed by atoms with Gasteiger partial charge in [-0.05, 0) is 29.3 Å². The van der Waals surface area contributed by atoms with Crippen LogP contribution in [0.2, 0.25) is 0 Å². The lowest BCUT2D eigenvalue weighted by Gasteiger charge is -2.28. The molecule has 26 heavy (non-hydrogen) atoms. The van der Waals surface area contributed by atoms with Crippen LogP contribution in [0.1, 0.15) is 11.1 Å². The average molecular weight is 350 g/mol. The van der Waals surface area contributed by atoms with Gasteiger partial charge in [0.05, 0.1) is 13.2 Å². The maximum Gasteiger partial charge on any atom is 0.155 e. The first-order valence-corrected chi connectivity index (χ1v) is 8.81. The molecule has 0 saturated carbocycles. The van der Waals surface area contributed by atoms with Crippen LogP contribution in [0.4, 0.5) is 5.69 Å². The summed E-state index contributed by atoms with van der Waals surface area (Å²) in [7, 11) is 0. The van der Waals surface area contributed by atoms with Crippen molar-refractivity contribution < 1.29 is 4.74 Å². The van der Waals surface area contributed by atoms with E-state index in [1.54, 1.807) is 11.0 Å². The second-order valence-corrected chi connectivity index (χ2v) is 6.23. The van der Waals surface area contributed by atoms with Gasteiger partial charge in [0.25, 0.3) is 0 Å².